The quantitative estimate of drug-likeness (QED) is 0.845. The molecule has 0 aromatic heterocycles. The number of halogens is 1. The van der Waals surface area contributed by atoms with Gasteiger partial charge in [0, 0.05) is 17.3 Å². The molecule has 0 aliphatic carbocycles. The molecule has 0 heterocycles. The molecule has 0 bridgehead atoms. The van der Waals surface area contributed by atoms with E-state index in [9.17, 15) is 9.59 Å². The van der Waals surface area contributed by atoms with Crippen LogP contribution in [-0.2, 0) is 16.0 Å². The van der Waals surface area contributed by atoms with Gasteiger partial charge >= 0.3 is 11.8 Å². The molecule has 120 valence electrons. The highest BCUT2D eigenvalue weighted by molar-refractivity contribution is 6.39. The van der Waals surface area contributed by atoms with Crippen LogP contribution in [0.3, 0.4) is 0 Å². The van der Waals surface area contributed by atoms with Gasteiger partial charge in [-0.1, -0.05) is 35.9 Å². The summed E-state index contributed by atoms with van der Waals surface area (Å²) in [6, 6.07) is 13.1. The lowest BCUT2D eigenvalue weighted by Gasteiger charge is -2.09. The summed E-state index contributed by atoms with van der Waals surface area (Å²) in [5.74, 6) is -1.30. The van der Waals surface area contributed by atoms with Gasteiger partial charge in [0.2, 0.25) is 0 Å². The van der Waals surface area contributed by atoms with Gasteiger partial charge in [-0.05, 0) is 55.2 Å². The summed E-state index contributed by atoms with van der Waals surface area (Å²) >= 11 is 5.82. The van der Waals surface area contributed by atoms with Crippen molar-refractivity contribution in [2.45, 2.75) is 20.3 Å². The molecule has 23 heavy (non-hydrogen) atoms. The molecule has 0 unspecified atom stereocenters. The summed E-state index contributed by atoms with van der Waals surface area (Å²) in [6.45, 7) is 4.20. The predicted molar refractivity (Wildman–Crippen MR) is 92.7 cm³/mol. The lowest BCUT2D eigenvalue weighted by molar-refractivity contribution is -0.136. The van der Waals surface area contributed by atoms with E-state index in [0.717, 1.165) is 16.7 Å². The molecule has 2 N–H and O–H groups in total. The zero-order valence-electron chi connectivity index (χ0n) is 13.2. The number of aryl methyl sites for hydroxylation is 2. The molecule has 0 saturated heterocycles. The maximum absolute atomic E-state index is 11.9. The molecule has 0 fully saturated rings. The van der Waals surface area contributed by atoms with Gasteiger partial charge in [0.25, 0.3) is 0 Å². The Kier molecular flexibility index (Phi) is 5.77. The van der Waals surface area contributed by atoms with Gasteiger partial charge in [0.1, 0.15) is 0 Å². The van der Waals surface area contributed by atoms with Crippen molar-refractivity contribution >= 4 is 29.1 Å². The number of carbonyl (C=O) groups excluding carboxylic acids is 2. The van der Waals surface area contributed by atoms with Crippen molar-refractivity contribution in [3.05, 3.63) is 64.2 Å². The first-order valence-corrected chi connectivity index (χ1v) is 7.74. The third kappa shape index (κ3) is 5.11. The Morgan fingerprint density at radius 2 is 1.70 bits per heavy atom. The predicted octanol–water partition coefficient (Wildman–Crippen LogP) is 3.25. The molecule has 0 atom stereocenters. The van der Waals surface area contributed by atoms with Gasteiger partial charge in [-0.15, -0.1) is 0 Å². The Morgan fingerprint density at radius 3 is 2.39 bits per heavy atom. The molecule has 2 amide bonds. The maximum atomic E-state index is 11.9. The average molecular weight is 331 g/mol. The van der Waals surface area contributed by atoms with Crippen molar-refractivity contribution in [2.24, 2.45) is 0 Å². The Bertz CT molecular complexity index is 711. The molecule has 2 aromatic carbocycles. The van der Waals surface area contributed by atoms with Gasteiger partial charge < -0.3 is 10.6 Å². The van der Waals surface area contributed by atoms with Crippen molar-refractivity contribution in [2.75, 3.05) is 11.9 Å². The van der Waals surface area contributed by atoms with Crippen LogP contribution in [0.5, 0.6) is 0 Å². The van der Waals surface area contributed by atoms with Gasteiger partial charge in [0.05, 0.1) is 0 Å². The average Bonchev–Trinajstić information content (AvgIpc) is 2.52. The van der Waals surface area contributed by atoms with Crippen LogP contribution in [0.1, 0.15) is 16.7 Å². The standard InChI is InChI=1S/C18H19ClN2O2/c1-12-3-4-13(2)16(11-12)21-18(23)17(22)20-10-9-14-5-7-15(19)8-6-14/h3-8,11H,9-10H2,1-2H3,(H,20,22)(H,21,23). The second kappa shape index (κ2) is 7.79. The number of amides is 2. The van der Waals surface area contributed by atoms with E-state index >= 15 is 0 Å². The fourth-order valence-corrected chi connectivity index (χ4v) is 2.23. The molecule has 4 nitrogen and oxygen atoms in total. The van der Waals surface area contributed by atoms with Gasteiger partial charge in [-0.3, -0.25) is 9.59 Å². The fraction of sp³-hybridized carbons (Fsp3) is 0.222. The zero-order valence-corrected chi connectivity index (χ0v) is 13.9. The lowest BCUT2D eigenvalue weighted by atomic mass is 10.1. The van der Waals surface area contributed by atoms with Crippen LogP contribution >= 0.6 is 11.6 Å². The summed E-state index contributed by atoms with van der Waals surface area (Å²) in [6.07, 6.45) is 0.639. The van der Waals surface area contributed by atoms with Crippen LogP contribution in [-0.4, -0.2) is 18.4 Å². The number of hydrogen-bond acceptors (Lipinski definition) is 2. The number of rotatable bonds is 4. The van der Waals surface area contributed by atoms with E-state index in [-0.39, 0.29) is 0 Å². The molecular weight excluding hydrogens is 312 g/mol. The number of hydrogen-bond donors (Lipinski definition) is 2. The second-order valence-corrected chi connectivity index (χ2v) is 5.84. The SMILES string of the molecule is Cc1ccc(C)c(NC(=O)C(=O)NCCc2ccc(Cl)cc2)c1. The van der Waals surface area contributed by atoms with Gasteiger partial charge in [0.15, 0.2) is 0 Å². The van der Waals surface area contributed by atoms with Crippen molar-refractivity contribution < 1.29 is 9.59 Å². The highest BCUT2D eigenvalue weighted by Gasteiger charge is 2.14. The van der Waals surface area contributed by atoms with Crippen molar-refractivity contribution in [1.29, 1.82) is 0 Å². The first-order chi connectivity index (χ1) is 11.0. The number of carbonyl (C=O) groups is 2. The fourth-order valence-electron chi connectivity index (χ4n) is 2.10. The van der Waals surface area contributed by atoms with E-state index in [1.54, 1.807) is 12.1 Å². The smallest absolute Gasteiger partial charge is 0.313 e. The van der Waals surface area contributed by atoms with E-state index < -0.39 is 11.8 Å². The molecule has 0 spiro atoms. The van der Waals surface area contributed by atoms with Crippen LogP contribution in [0.25, 0.3) is 0 Å². The first kappa shape index (κ1) is 17.0. The summed E-state index contributed by atoms with van der Waals surface area (Å²) < 4.78 is 0. The summed E-state index contributed by atoms with van der Waals surface area (Å²) in [5.41, 5.74) is 3.64. The minimum atomic E-state index is -0.658. The van der Waals surface area contributed by atoms with E-state index in [1.165, 1.54) is 0 Å². The summed E-state index contributed by atoms with van der Waals surface area (Å²) in [4.78, 5) is 23.8. The largest absolute Gasteiger partial charge is 0.347 e. The lowest BCUT2D eigenvalue weighted by Crippen LogP contribution is -2.36. The van der Waals surface area contributed by atoms with E-state index in [2.05, 4.69) is 10.6 Å². The third-order valence-electron chi connectivity index (χ3n) is 3.46. The number of anilines is 1. The third-order valence-corrected chi connectivity index (χ3v) is 3.71. The van der Waals surface area contributed by atoms with Crippen LogP contribution in [0, 0.1) is 13.8 Å². The Morgan fingerprint density at radius 1 is 1.00 bits per heavy atom. The molecule has 2 rings (SSSR count). The molecule has 5 heteroatoms. The Balaban J connectivity index is 1.84. The number of nitrogens with one attached hydrogen (secondary N) is 2. The van der Waals surface area contributed by atoms with Crippen LogP contribution in [0.4, 0.5) is 5.69 Å². The summed E-state index contributed by atoms with van der Waals surface area (Å²) in [7, 11) is 0. The first-order valence-electron chi connectivity index (χ1n) is 7.36. The Labute approximate surface area is 140 Å². The van der Waals surface area contributed by atoms with Crippen molar-refractivity contribution in [1.82, 2.24) is 5.32 Å². The molecular formula is C18H19ClN2O2. The molecule has 0 saturated carbocycles. The van der Waals surface area contributed by atoms with Crippen LogP contribution in [0.15, 0.2) is 42.5 Å². The van der Waals surface area contributed by atoms with Crippen molar-refractivity contribution in [3.8, 4) is 0 Å². The van der Waals surface area contributed by atoms with Gasteiger partial charge in [-0.25, -0.2) is 0 Å². The van der Waals surface area contributed by atoms with E-state index in [0.29, 0.717) is 23.7 Å². The molecule has 0 aliphatic rings. The van der Waals surface area contributed by atoms with E-state index in [1.807, 2.05) is 44.2 Å². The van der Waals surface area contributed by atoms with Crippen LogP contribution in [0.2, 0.25) is 5.02 Å². The van der Waals surface area contributed by atoms with Crippen LogP contribution < -0.4 is 10.6 Å². The topological polar surface area (TPSA) is 58.2 Å². The molecule has 2 aromatic rings. The zero-order chi connectivity index (χ0) is 16.8. The highest BCUT2D eigenvalue weighted by Crippen LogP contribution is 2.16. The number of benzene rings is 2. The van der Waals surface area contributed by atoms with Crippen molar-refractivity contribution in [3.63, 3.8) is 0 Å². The van der Waals surface area contributed by atoms with E-state index in [4.69, 9.17) is 11.6 Å². The summed E-state index contributed by atoms with van der Waals surface area (Å²) in [5, 5.41) is 5.93. The van der Waals surface area contributed by atoms with Gasteiger partial charge in [-0.2, -0.15) is 0 Å². The molecule has 0 radical (unpaired) electrons. The Hall–Kier alpha value is -2.33. The maximum Gasteiger partial charge on any atom is 0.313 e. The highest BCUT2D eigenvalue weighted by atomic mass is 35.5. The minimum absolute atomic E-state index is 0.390. The minimum Gasteiger partial charge on any atom is -0.347 e. The molecule has 0 aliphatic heterocycles. The monoisotopic (exact) mass is 330 g/mol. The normalized spacial score (nSPS) is 10.2. The second-order valence-electron chi connectivity index (χ2n) is 5.40.